The standard InChI is InChI=1S/C21H23BrN4O3S/c1-4-26-20(14(2)29-18-11-6-5-10-17(18)28-3)24-25-21(26)30-13-19(27)23-16-9-7-8-15(22)12-16/h5-12,14H,4,13H2,1-3H3,(H,23,27). The summed E-state index contributed by atoms with van der Waals surface area (Å²) in [5.74, 6) is 2.11. The van der Waals surface area contributed by atoms with Crippen LogP contribution in [0.5, 0.6) is 11.5 Å². The van der Waals surface area contributed by atoms with Gasteiger partial charge in [0.15, 0.2) is 28.6 Å². The average Bonchev–Trinajstić information content (AvgIpc) is 3.15. The van der Waals surface area contributed by atoms with Gasteiger partial charge in [0.1, 0.15) is 0 Å². The smallest absolute Gasteiger partial charge is 0.234 e. The molecule has 3 rings (SSSR count). The Morgan fingerprint density at radius 3 is 2.67 bits per heavy atom. The fourth-order valence-corrected chi connectivity index (χ4v) is 4.07. The molecule has 0 saturated heterocycles. The van der Waals surface area contributed by atoms with Crippen molar-refractivity contribution in [2.24, 2.45) is 0 Å². The molecule has 0 spiro atoms. The van der Waals surface area contributed by atoms with Crippen LogP contribution >= 0.6 is 27.7 Å². The van der Waals surface area contributed by atoms with Crippen molar-refractivity contribution < 1.29 is 14.3 Å². The van der Waals surface area contributed by atoms with Crippen molar-refractivity contribution in [2.45, 2.75) is 31.7 Å². The highest BCUT2D eigenvalue weighted by atomic mass is 79.9. The Bertz CT molecular complexity index is 1010. The number of halogens is 1. The molecular formula is C21H23BrN4O3S. The van der Waals surface area contributed by atoms with Gasteiger partial charge < -0.3 is 19.4 Å². The zero-order valence-corrected chi connectivity index (χ0v) is 19.4. The summed E-state index contributed by atoms with van der Waals surface area (Å²) in [7, 11) is 1.61. The molecule has 1 amide bonds. The number of carbonyl (C=O) groups is 1. The van der Waals surface area contributed by atoms with Crippen molar-refractivity contribution in [1.82, 2.24) is 14.8 Å². The SMILES string of the molecule is CCn1c(SCC(=O)Nc2cccc(Br)c2)nnc1C(C)Oc1ccccc1OC. The topological polar surface area (TPSA) is 78.3 Å². The van der Waals surface area contributed by atoms with Crippen molar-refractivity contribution in [3.05, 3.63) is 58.8 Å². The van der Waals surface area contributed by atoms with Crippen molar-refractivity contribution in [2.75, 3.05) is 18.2 Å². The second-order valence-corrected chi connectivity index (χ2v) is 8.20. The van der Waals surface area contributed by atoms with Gasteiger partial charge in [0.25, 0.3) is 0 Å². The third-order valence-corrected chi connectivity index (χ3v) is 5.70. The van der Waals surface area contributed by atoms with Crippen molar-refractivity contribution >= 4 is 39.3 Å². The van der Waals surface area contributed by atoms with Crippen LogP contribution in [0.4, 0.5) is 5.69 Å². The molecule has 0 bridgehead atoms. The molecule has 1 unspecified atom stereocenters. The van der Waals surface area contributed by atoms with E-state index < -0.39 is 0 Å². The lowest BCUT2D eigenvalue weighted by Crippen LogP contribution is -2.15. The van der Waals surface area contributed by atoms with Gasteiger partial charge in [-0.2, -0.15) is 0 Å². The van der Waals surface area contributed by atoms with E-state index in [0.717, 1.165) is 10.2 Å². The first-order valence-corrected chi connectivity index (χ1v) is 11.2. The molecule has 0 fully saturated rings. The Labute approximate surface area is 188 Å². The molecule has 1 N–H and O–H groups in total. The number of hydrogen-bond donors (Lipinski definition) is 1. The van der Waals surface area contributed by atoms with E-state index in [2.05, 4.69) is 31.4 Å². The number of anilines is 1. The number of rotatable bonds is 9. The van der Waals surface area contributed by atoms with E-state index in [0.29, 0.717) is 29.0 Å². The summed E-state index contributed by atoms with van der Waals surface area (Å²) in [6.07, 6.45) is -0.335. The van der Waals surface area contributed by atoms with Gasteiger partial charge in [-0.05, 0) is 44.2 Å². The van der Waals surface area contributed by atoms with E-state index in [1.807, 2.05) is 66.9 Å². The van der Waals surface area contributed by atoms with Crippen LogP contribution in [0.25, 0.3) is 0 Å². The largest absolute Gasteiger partial charge is 0.493 e. The van der Waals surface area contributed by atoms with Crippen LogP contribution in [-0.2, 0) is 11.3 Å². The van der Waals surface area contributed by atoms with E-state index in [4.69, 9.17) is 9.47 Å². The molecule has 3 aromatic rings. The Kier molecular flexibility index (Phi) is 7.75. The number of carbonyl (C=O) groups excluding carboxylic acids is 1. The predicted octanol–water partition coefficient (Wildman–Crippen LogP) is 4.94. The first kappa shape index (κ1) is 22.2. The molecule has 1 atom stereocenters. The van der Waals surface area contributed by atoms with Gasteiger partial charge in [0.05, 0.1) is 12.9 Å². The number of nitrogens with zero attached hydrogens (tertiary/aromatic N) is 3. The fourth-order valence-electron chi connectivity index (χ4n) is 2.86. The van der Waals surface area contributed by atoms with Crippen LogP contribution in [0.15, 0.2) is 58.2 Å². The van der Waals surface area contributed by atoms with Gasteiger partial charge in [0.2, 0.25) is 5.91 Å². The molecule has 30 heavy (non-hydrogen) atoms. The molecule has 0 aliphatic carbocycles. The number of ether oxygens (including phenoxy) is 2. The highest BCUT2D eigenvalue weighted by Crippen LogP contribution is 2.31. The van der Waals surface area contributed by atoms with E-state index >= 15 is 0 Å². The van der Waals surface area contributed by atoms with Crippen LogP contribution in [0.3, 0.4) is 0 Å². The Morgan fingerprint density at radius 1 is 1.20 bits per heavy atom. The summed E-state index contributed by atoms with van der Waals surface area (Å²) in [5, 5.41) is 12.1. The number of para-hydroxylation sites is 2. The van der Waals surface area contributed by atoms with Gasteiger partial charge in [-0.15, -0.1) is 10.2 Å². The lowest BCUT2D eigenvalue weighted by atomic mass is 10.3. The fraction of sp³-hybridized carbons (Fsp3) is 0.286. The molecular weight excluding hydrogens is 468 g/mol. The molecule has 0 aliphatic heterocycles. The van der Waals surface area contributed by atoms with E-state index in [9.17, 15) is 4.79 Å². The molecule has 0 radical (unpaired) electrons. The van der Waals surface area contributed by atoms with Crippen LogP contribution in [0.1, 0.15) is 25.8 Å². The number of hydrogen-bond acceptors (Lipinski definition) is 6. The second-order valence-electron chi connectivity index (χ2n) is 6.34. The third kappa shape index (κ3) is 5.54. The average molecular weight is 491 g/mol. The quantitative estimate of drug-likeness (QED) is 0.428. The Hall–Kier alpha value is -2.52. The summed E-state index contributed by atoms with van der Waals surface area (Å²) in [4.78, 5) is 12.3. The molecule has 9 heteroatoms. The van der Waals surface area contributed by atoms with Crippen molar-refractivity contribution in [3.63, 3.8) is 0 Å². The van der Waals surface area contributed by atoms with Gasteiger partial charge >= 0.3 is 0 Å². The number of aromatic nitrogens is 3. The highest BCUT2D eigenvalue weighted by molar-refractivity contribution is 9.10. The molecule has 158 valence electrons. The van der Waals surface area contributed by atoms with Crippen LogP contribution < -0.4 is 14.8 Å². The molecule has 0 saturated carbocycles. The lowest BCUT2D eigenvalue weighted by molar-refractivity contribution is -0.113. The maximum Gasteiger partial charge on any atom is 0.234 e. The van der Waals surface area contributed by atoms with Crippen molar-refractivity contribution in [3.8, 4) is 11.5 Å². The molecule has 2 aromatic carbocycles. The van der Waals surface area contributed by atoms with Gasteiger partial charge in [-0.3, -0.25) is 4.79 Å². The number of thioether (sulfide) groups is 1. The minimum absolute atomic E-state index is 0.108. The molecule has 7 nitrogen and oxygen atoms in total. The summed E-state index contributed by atoms with van der Waals surface area (Å²) in [5.41, 5.74) is 0.742. The predicted molar refractivity (Wildman–Crippen MR) is 121 cm³/mol. The zero-order chi connectivity index (χ0) is 21.5. The number of nitrogens with one attached hydrogen (secondary N) is 1. The number of benzene rings is 2. The lowest BCUT2D eigenvalue weighted by Gasteiger charge is -2.17. The first-order valence-electron chi connectivity index (χ1n) is 9.42. The second kappa shape index (κ2) is 10.5. The summed E-state index contributed by atoms with van der Waals surface area (Å²) >= 11 is 4.74. The van der Waals surface area contributed by atoms with E-state index in [-0.39, 0.29) is 17.8 Å². The zero-order valence-electron chi connectivity index (χ0n) is 17.0. The third-order valence-electron chi connectivity index (χ3n) is 4.24. The Balaban J connectivity index is 1.65. The Morgan fingerprint density at radius 2 is 1.97 bits per heavy atom. The molecule has 0 aliphatic rings. The normalized spacial score (nSPS) is 11.7. The van der Waals surface area contributed by atoms with E-state index in [1.54, 1.807) is 7.11 Å². The van der Waals surface area contributed by atoms with Gasteiger partial charge in [-0.1, -0.05) is 45.9 Å². The minimum atomic E-state index is -0.335. The molecule has 1 aromatic heterocycles. The van der Waals surface area contributed by atoms with Crippen molar-refractivity contribution in [1.29, 1.82) is 0 Å². The number of amides is 1. The van der Waals surface area contributed by atoms with Gasteiger partial charge in [0, 0.05) is 16.7 Å². The maximum absolute atomic E-state index is 12.3. The minimum Gasteiger partial charge on any atom is -0.493 e. The summed E-state index contributed by atoms with van der Waals surface area (Å²) in [6, 6.07) is 14.9. The van der Waals surface area contributed by atoms with Crippen LogP contribution in [-0.4, -0.2) is 33.5 Å². The molecule has 1 heterocycles. The summed E-state index contributed by atoms with van der Waals surface area (Å²) < 4.78 is 14.3. The van der Waals surface area contributed by atoms with Crippen LogP contribution in [0.2, 0.25) is 0 Å². The maximum atomic E-state index is 12.3. The van der Waals surface area contributed by atoms with Gasteiger partial charge in [-0.25, -0.2) is 0 Å². The van der Waals surface area contributed by atoms with E-state index in [1.165, 1.54) is 11.8 Å². The number of methoxy groups -OCH3 is 1. The summed E-state index contributed by atoms with van der Waals surface area (Å²) in [6.45, 7) is 4.59. The van der Waals surface area contributed by atoms with Crippen LogP contribution in [0, 0.1) is 0 Å². The monoisotopic (exact) mass is 490 g/mol. The highest BCUT2D eigenvalue weighted by Gasteiger charge is 2.20. The first-order chi connectivity index (χ1) is 14.5.